The van der Waals surface area contributed by atoms with Gasteiger partial charge >= 0.3 is 259 Å². The van der Waals surface area contributed by atoms with Crippen molar-refractivity contribution in [1.82, 2.24) is 0 Å². The second kappa shape index (κ2) is 14.2. The summed E-state index contributed by atoms with van der Waals surface area (Å²) in [7, 11) is 0. The predicted octanol–water partition coefficient (Wildman–Crippen LogP) is 5.60. The second-order valence-corrected chi connectivity index (χ2v) is 29.7. The van der Waals surface area contributed by atoms with E-state index in [0.717, 1.165) is 34.0 Å². The van der Waals surface area contributed by atoms with E-state index in [2.05, 4.69) is 99.8 Å². The van der Waals surface area contributed by atoms with Crippen molar-refractivity contribution in [2.45, 2.75) is 47.0 Å². The molecule has 4 aromatic carbocycles. The van der Waals surface area contributed by atoms with Crippen LogP contribution in [-0.2, 0) is 20.4 Å². The number of benzene rings is 4. The smallest absolute Gasteiger partial charge is 1.00 e. The molecule has 6 rings (SSSR count). The summed E-state index contributed by atoms with van der Waals surface area (Å²) in [4.78, 5) is 0. The fourth-order valence-electron chi connectivity index (χ4n) is 6.85. The van der Waals surface area contributed by atoms with Crippen LogP contribution in [0.4, 0.5) is 0 Å². The van der Waals surface area contributed by atoms with Crippen LogP contribution in [-0.4, -0.2) is 5.43 Å². The van der Waals surface area contributed by atoms with Crippen molar-refractivity contribution >= 4 is 40.8 Å². The second-order valence-electron chi connectivity index (χ2n) is 11.0. The Hall–Kier alpha value is -1.38. The minimum absolute atomic E-state index is 0. The molecule has 2 aliphatic carbocycles. The third-order valence-electron chi connectivity index (χ3n) is 8.65. The Bertz CT molecular complexity index is 1610. The minimum atomic E-state index is -2.19. The topological polar surface area (TPSA) is 0 Å². The van der Waals surface area contributed by atoms with Gasteiger partial charge in [-0.15, -0.1) is 0 Å². The molecule has 6 heteroatoms. The molecule has 0 radical (unpaired) electrons. The van der Waals surface area contributed by atoms with E-state index in [4.69, 9.17) is 23.2 Å². The maximum absolute atomic E-state index is 6.73. The summed E-state index contributed by atoms with van der Waals surface area (Å²) >= 11 is 11.3. The number of rotatable bonds is 6. The van der Waals surface area contributed by atoms with Crippen molar-refractivity contribution in [2.75, 3.05) is 0 Å². The summed E-state index contributed by atoms with van der Waals surface area (Å²) in [6.45, 7) is 9.91. The molecule has 0 nitrogen and oxygen atoms in total. The normalized spacial score (nSPS) is 16.2. The fourth-order valence-corrected chi connectivity index (χ4v) is 28.1. The van der Waals surface area contributed by atoms with Gasteiger partial charge in [-0.3, -0.25) is 0 Å². The van der Waals surface area contributed by atoms with E-state index in [-0.39, 0.29) is 24.8 Å². The van der Waals surface area contributed by atoms with Gasteiger partial charge < -0.3 is 24.8 Å². The zero-order chi connectivity index (χ0) is 28.0. The maximum atomic E-state index is 6.73. The van der Waals surface area contributed by atoms with E-state index in [9.17, 15) is 0 Å². The van der Waals surface area contributed by atoms with Gasteiger partial charge in [0.25, 0.3) is 0 Å². The average molecular weight is 728 g/mol. The van der Waals surface area contributed by atoms with Crippen LogP contribution in [0.2, 0.25) is 23.1 Å². The van der Waals surface area contributed by atoms with E-state index < -0.39 is 25.8 Å². The Morgan fingerprint density at radius 2 is 0.952 bits per heavy atom. The third-order valence-corrected chi connectivity index (χ3v) is 28.8. The van der Waals surface area contributed by atoms with Crippen LogP contribution < -0.4 is 24.8 Å². The molecule has 0 amide bonds. The Morgan fingerprint density at radius 1 is 0.571 bits per heavy atom. The first-order chi connectivity index (χ1) is 19.4. The van der Waals surface area contributed by atoms with Crippen LogP contribution in [0.3, 0.4) is 0 Å². The van der Waals surface area contributed by atoms with Crippen molar-refractivity contribution in [2.24, 2.45) is 0 Å². The first-order valence-corrected chi connectivity index (χ1v) is 24.1. The van der Waals surface area contributed by atoms with E-state index in [1.54, 1.807) is 22.3 Å². The molecule has 0 spiro atoms. The molecule has 0 bridgehead atoms. The van der Waals surface area contributed by atoms with Crippen molar-refractivity contribution in [1.29, 1.82) is 0 Å². The molecule has 2 atom stereocenters. The molecule has 4 aromatic rings. The van der Waals surface area contributed by atoms with E-state index in [1.807, 2.05) is 24.3 Å². The largest absolute Gasteiger partial charge is 1.00 e. The standard InChI is InChI=1S/2C17H14Cl.C2H6Si.2ClH.Zr/c2*1-2-12-10-13-6-5-8-14(16(13)11-12)15-7-3-4-9-17(15)18;1-3-2;;;/h2*3-11H,2H2,1H3;1-2H3;2*1H;/q;;;;;+2/p-2. The van der Waals surface area contributed by atoms with Gasteiger partial charge in [0.2, 0.25) is 0 Å². The Morgan fingerprint density at radius 3 is 1.31 bits per heavy atom. The Balaban J connectivity index is 0.00000202. The quantitative estimate of drug-likeness (QED) is 0.227. The van der Waals surface area contributed by atoms with Gasteiger partial charge in [-0.05, 0) is 0 Å². The Labute approximate surface area is 281 Å². The molecule has 0 fully saturated rings. The SMILES string of the molecule is CCC1=Cc2c(-c3ccccc3Cl)cccc2[CH]1[Zr+2]([CH]1C(CC)=Cc2c(-c3ccccc3Cl)cccc21)=[Si](C)C.[Cl-].[Cl-]. The van der Waals surface area contributed by atoms with Crippen LogP contribution in [0.1, 0.15) is 56.2 Å². The fraction of sp³-hybridized carbons (Fsp3) is 0.222. The van der Waals surface area contributed by atoms with Gasteiger partial charge in [0, 0.05) is 0 Å². The number of fused-ring (bicyclic) bond motifs is 2. The van der Waals surface area contributed by atoms with Gasteiger partial charge in [-0.1, -0.05) is 0 Å². The Kier molecular flexibility index (Phi) is 11.3. The van der Waals surface area contributed by atoms with Crippen molar-refractivity contribution < 1.29 is 45.2 Å². The number of halogens is 4. The molecular weight excluding hydrogens is 694 g/mol. The van der Waals surface area contributed by atoms with Gasteiger partial charge in [0.15, 0.2) is 0 Å². The molecule has 2 aliphatic rings. The molecular formula is C36H34Cl4SiZr. The van der Waals surface area contributed by atoms with E-state index in [0.29, 0.717) is 7.25 Å². The molecule has 0 aromatic heterocycles. The molecule has 0 heterocycles. The number of hydrogen-bond donors (Lipinski definition) is 0. The van der Waals surface area contributed by atoms with Crippen molar-refractivity contribution in [3.8, 4) is 22.3 Å². The monoisotopic (exact) mass is 724 g/mol. The zero-order valence-electron chi connectivity index (χ0n) is 24.3. The van der Waals surface area contributed by atoms with Gasteiger partial charge in [-0.2, -0.15) is 0 Å². The summed E-state index contributed by atoms with van der Waals surface area (Å²) in [6, 6.07) is 30.5. The molecule has 42 heavy (non-hydrogen) atoms. The van der Waals surface area contributed by atoms with E-state index in [1.165, 1.54) is 22.3 Å². The van der Waals surface area contributed by atoms with Crippen LogP contribution >= 0.6 is 23.2 Å². The van der Waals surface area contributed by atoms with Crippen molar-refractivity contribution in [3.63, 3.8) is 0 Å². The molecule has 0 saturated heterocycles. The number of hydrogen-bond acceptors (Lipinski definition) is 0. The third kappa shape index (κ3) is 5.85. The maximum Gasteiger partial charge on any atom is -1.00 e. The van der Waals surface area contributed by atoms with Crippen LogP contribution in [0, 0.1) is 0 Å². The summed E-state index contributed by atoms with van der Waals surface area (Å²) < 4.78 is 1.20. The molecule has 214 valence electrons. The van der Waals surface area contributed by atoms with Crippen LogP contribution in [0.15, 0.2) is 96.1 Å². The molecule has 2 unspecified atom stereocenters. The minimum Gasteiger partial charge on any atom is -1.00 e. The first-order valence-electron chi connectivity index (χ1n) is 14.3. The summed E-state index contributed by atoms with van der Waals surface area (Å²) in [5, 5.41) is 1.65. The van der Waals surface area contributed by atoms with Gasteiger partial charge in [-0.25, -0.2) is 0 Å². The van der Waals surface area contributed by atoms with Gasteiger partial charge in [0.1, 0.15) is 0 Å². The molecule has 0 N–H and O–H groups in total. The van der Waals surface area contributed by atoms with E-state index >= 15 is 0 Å². The van der Waals surface area contributed by atoms with Gasteiger partial charge in [0.05, 0.1) is 0 Å². The summed E-state index contributed by atoms with van der Waals surface area (Å²) in [6.07, 6.45) is 7.28. The number of allylic oxidation sites excluding steroid dienone is 2. The summed E-state index contributed by atoms with van der Waals surface area (Å²) in [5.74, 6) is 0. The average Bonchev–Trinajstić information content (AvgIpc) is 3.52. The van der Waals surface area contributed by atoms with Crippen LogP contribution in [0.5, 0.6) is 0 Å². The zero-order valence-corrected chi connectivity index (χ0v) is 30.8. The molecule has 0 aliphatic heterocycles. The van der Waals surface area contributed by atoms with Crippen LogP contribution in [0.25, 0.3) is 34.4 Å². The first kappa shape index (κ1) is 33.5. The molecule has 0 saturated carbocycles. The summed E-state index contributed by atoms with van der Waals surface area (Å²) in [5.41, 5.74) is 13.5. The predicted molar refractivity (Wildman–Crippen MR) is 173 cm³/mol. The van der Waals surface area contributed by atoms with Crippen molar-refractivity contribution in [3.05, 3.63) is 128 Å².